The Labute approximate surface area is 193 Å². The second-order valence-corrected chi connectivity index (χ2v) is 9.65. The largest absolute Gasteiger partial charge is 1.00 e. The Balaban J connectivity index is 0.00000289. The number of ether oxygens (including phenoxy) is 1. The second kappa shape index (κ2) is 9.79. The summed E-state index contributed by atoms with van der Waals surface area (Å²) in [5.74, 6) is 0.263. The van der Waals surface area contributed by atoms with Crippen LogP contribution in [0, 0.1) is 5.92 Å². The highest BCUT2D eigenvalue weighted by Crippen LogP contribution is 2.25. The Hall–Kier alpha value is -2.13. The van der Waals surface area contributed by atoms with Crippen molar-refractivity contribution in [3.05, 3.63) is 27.2 Å². The summed E-state index contributed by atoms with van der Waals surface area (Å²) in [6, 6.07) is 1.09. The van der Waals surface area contributed by atoms with E-state index in [0.29, 0.717) is 42.1 Å². The van der Waals surface area contributed by atoms with Gasteiger partial charge in [0.2, 0.25) is 0 Å². The van der Waals surface area contributed by atoms with Crippen LogP contribution in [0.3, 0.4) is 0 Å². The van der Waals surface area contributed by atoms with Gasteiger partial charge >= 0.3 is 11.7 Å². The van der Waals surface area contributed by atoms with Gasteiger partial charge in [0.1, 0.15) is 6.10 Å². The van der Waals surface area contributed by atoms with Gasteiger partial charge in [0.25, 0.3) is 5.56 Å². The number of nitrogens with zero attached hydrogens (tertiary/aromatic N) is 4. The predicted octanol–water partition coefficient (Wildman–Crippen LogP) is -3.00. The molecule has 2 atom stereocenters. The lowest BCUT2D eigenvalue weighted by atomic mass is 9.99. The van der Waals surface area contributed by atoms with Crippen molar-refractivity contribution < 1.29 is 26.8 Å². The molecular formula is C22H34ClN5O4. The maximum absolute atomic E-state index is 12.6. The fraction of sp³-hybridized carbons (Fsp3) is 0.727. The van der Waals surface area contributed by atoms with E-state index >= 15 is 0 Å². The lowest BCUT2D eigenvalue weighted by Crippen LogP contribution is -3.18. The number of aryl methyl sites for hydroxylation is 2. The molecule has 2 bridgehead atoms. The minimum atomic E-state index is -0.360. The van der Waals surface area contributed by atoms with Gasteiger partial charge in [-0.25, -0.2) is 9.78 Å². The molecule has 2 saturated heterocycles. The number of piperidine rings is 1. The fourth-order valence-corrected chi connectivity index (χ4v) is 5.47. The zero-order valence-electron chi connectivity index (χ0n) is 19.3. The Bertz CT molecular complexity index is 1070. The average molecular weight is 468 g/mol. The van der Waals surface area contributed by atoms with Crippen molar-refractivity contribution in [3.8, 4) is 0 Å². The quantitative estimate of drug-likeness (QED) is 0.438. The van der Waals surface area contributed by atoms with Gasteiger partial charge < -0.3 is 26.6 Å². The molecule has 178 valence electrons. The molecule has 9 nitrogen and oxygen atoms in total. The molecule has 2 aromatic rings. The lowest BCUT2D eigenvalue weighted by Gasteiger charge is -2.35. The van der Waals surface area contributed by atoms with Crippen LogP contribution in [-0.4, -0.2) is 49.4 Å². The van der Waals surface area contributed by atoms with Crippen LogP contribution in [0.5, 0.6) is 0 Å². The molecule has 2 fully saturated rings. The fourth-order valence-electron chi connectivity index (χ4n) is 5.47. The number of hydrogen-bond donors (Lipinski definition) is 1. The minimum Gasteiger partial charge on any atom is -1.00 e. The van der Waals surface area contributed by atoms with E-state index < -0.39 is 0 Å². The average Bonchev–Trinajstić information content (AvgIpc) is 3.22. The number of quaternary nitrogens is 1. The van der Waals surface area contributed by atoms with Crippen LogP contribution >= 0.6 is 0 Å². The predicted molar refractivity (Wildman–Crippen MR) is 116 cm³/mol. The minimum absolute atomic E-state index is 0. The van der Waals surface area contributed by atoms with Crippen LogP contribution in [0.4, 0.5) is 0 Å². The highest BCUT2D eigenvalue weighted by atomic mass is 35.5. The molecular weight excluding hydrogens is 434 g/mol. The van der Waals surface area contributed by atoms with Crippen LogP contribution in [0.1, 0.15) is 52.4 Å². The summed E-state index contributed by atoms with van der Waals surface area (Å²) >= 11 is 0. The van der Waals surface area contributed by atoms with Gasteiger partial charge in [0.05, 0.1) is 25.0 Å². The summed E-state index contributed by atoms with van der Waals surface area (Å²) in [7, 11) is 3.14. The van der Waals surface area contributed by atoms with Gasteiger partial charge in [-0.05, 0) is 5.92 Å². The number of carbonyl (C=O) groups excluding carboxylic acids is 1. The van der Waals surface area contributed by atoms with Crippen LogP contribution in [0.2, 0.25) is 0 Å². The van der Waals surface area contributed by atoms with Crippen LogP contribution in [0.25, 0.3) is 11.2 Å². The number of esters is 1. The highest BCUT2D eigenvalue weighted by Gasteiger charge is 2.45. The molecule has 4 rings (SSSR count). The Morgan fingerprint density at radius 3 is 2.47 bits per heavy atom. The summed E-state index contributed by atoms with van der Waals surface area (Å²) in [5.41, 5.74) is 0.260. The molecule has 0 saturated carbocycles. The third-order valence-electron chi connectivity index (χ3n) is 6.96. The molecule has 32 heavy (non-hydrogen) atoms. The van der Waals surface area contributed by atoms with Crippen molar-refractivity contribution in [1.29, 1.82) is 0 Å². The number of carbonyl (C=O) groups is 1. The molecule has 2 unspecified atom stereocenters. The zero-order chi connectivity index (χ0) is 22.3. The summed E-state index contributed by atoms with van der Waals surface area (Å²) in [5, 5.41) is 0. The van der Waals surface area contributed by atoms with Crippen molar-refractivity contribution in [2.75, 3.05) is 6.54 Å². The summed E-state index contributed by atoms with van der Waals surface area (Å²) in [6.45, 7) is 5.79. The van der Waals surface area contributed by atoms with Gasteiger partial charge in [-0.3, -0.25) is 18.7 Å². The van der Waals surface area contributed by atoms with Crippen molar-refractivity contribution in [2.24, 2.45) is 20.0 Å². The van der Waals surface area contributed by atoms with E-state index in [1.807, 2.05) is 18.4 Å². The number of hydrogen-bond acceptors (Lipinski definition) is 5. The van der Waals surface area contributed by atoms with E-state index in [1.165, 1.54) is 24.5 Å². The van der Waals surface area contributed by atoms with Gasteiger partial charge in [-0.1, -0.05) is 13.8 Å². The third kappa shape index (κ3) is 4.64. The van der Waals surface area contributed by atoms with Crippen molar-refractivity contribution in [3.63, 3.8) is 0 Å². The first kappa shape index (κ1) is 24.5. The van der Waals surface area contributed by atoms with Crippen molar-refractivity contribution in [2.45, 2.75) is 77.1 Å². The topological polar surface area (TPSA) is 92.6 Å². The van der Waals surface area contributed by atoms with Crippen LogP contribution < -0.4 is 28.6 Å². The summed E-state index contributed by atoms with van der Waals surface area (Å²) < 4.78 is 10.2. The van der Waals surface area contributed by atoms with Crippen LogP contribution in [-0.2, 0) is 30.2 Å². The lowest BCUT2D eigenvalue weighted by molar-refractivity contribution is -0.942. The van der Waals surface area contributed by atoms with Gasteiger partial charge in [-0.15, -0.1) is 0 Å². The van der Waals surface area contributed by atoms with Gasteiger partial charge in [-0.2, -0.15) is 0 Å². The maximum atomic E-state index is 12.6. The number of aromatic nitrogens is 4. The molecule has 10 heteroatoms. The first-order chi connectivity index (χ1) is 14.8. The molecule has 1 N–H and O–H groups in total. The number of imidazole rings is 1. The molecule has 2 aliphatic rings. The van der Waals surface area contributed by atoms with Gasteiger partial charge in [0.15, 0.2) is 11.2 Å². The SMILES string of the molecule is CC(C)CC(=O)OC1CC2CCC(C1)[NH+]2CCCn1cnc2c1c(=O)n(C)c(=O)n2C.[Cl-]. The first-order valence-electron chi connectivity index (χ1n) is 11.4. The number of fused-ring (bicyclic) bond motifs is 3. The van der Waals surface area contributed by atoms with E-state index in [-0.39, 0.29) is 35.7 Å². The third-order valence-corrected chi connectivity index (χ3v) is 6.96. The molecule has 0 aromatic carbocycles. The number of halogens is 1. The normalized spacial score (nSPS) is 24.7. The monoisotopic (exact) mass is 467 g/mol. The molecule has 2 aromatic heterocycles. The van der Waals surface area contributed by atoms with Crippen molar-refractivity contribution in [1.82, 2.24) is 18.7 Å². The summed E-state index contributed by atoms with van der Waals surface area (Å²) in [6.07, 6.45) is 7.43. The first-order valence-corrected chi connectivity index (χ1v) is 11.4. The molecule has 0 amide bonds. The Kier molecular flexibility index (Phi) is 7.50. The van der Waals surface area contributed by atoms with Crippen LogP contribution in [0.15, 0.2) is 15.9 Å². The molecule has 0 radical (unpaired) electrons. The molecule has 0 spiro atoms. The Morgan fingerprint density at radius 2 is 1.84 bits per heavy atom. The molecule has 4 heterocycles. The molecule has 0 aliphatic carbocycles. The zero-order valence-corrected chi connectivity index (χ0v) is 20.1. The Morgan fingerprint density at radius 1 is 1.19 bits per heavy atom. The van der Waals surface area contributed by atoms with E-state index in [1.54, 1.807) is 18.3 Å². The molecule has 2 aliphatic heterocycles. The van der Waals surface area contributed by atoms with E-state index in [4.69, 9.17) is 4.74 Å². The van der Waals surface area contributed by atoms with Crippen molar-refractivity contribution >= 4 is 17.1 Å². The number of nitrogens with one attached hydrogen (secondary N) is 1. The van der Waals surface area contributed by atoms with Gasteiger partial charge in [0, 0.05) is 59.2 Å². The standard InChI is InChI=1S/C22H33N5O4.ClH/c1-14(2)10-18(28)31-17-11-15-6-7-16(12-17)27(15)9-5-8-26-13-23-20-19(26)21(29)25(4)22(30)24(20)3;/h13-17H,5-12H2,1-4H3;1H. The second-order valence-electron chi connectivity index (χ2n) is 9.65. The summed E-state index contributed by atoms with van der Waals surface area (Å²) in [4.78, 5) is 42.7. The maximum Gasteiger partial charge on any atom is 0.332 e. The van der Waals surface area contributed by atoms with E-state index in [2.05, 4.69) is 4.98 Å². The van der Waals surface area contributed by atoms with E-state index in [0.717, 1.165) is 30.4 Å². The van der Waals surface area contributed by atoms with E-state index in [9.17, 15) is 14.4 Å². The highest BCUT2D eigenvalue weighted by molar-refractivity contribution is 5.70. The smallest absolute Gasteiger partial charge is 0.332 e. The number of rotatable bonds is 7.